The molecule has 6 nitrogen and oxygen atoms in total. The first kappa shape index (κ1) is 15.8. The van der Waals surface area contributed by atoms with Crippen LogP contribution in [0.2, 0.25) is 0 Å². The van der Waals surface area contributed by atoms with Gasteiger partial charge < -0.3 is 21.0 Å². The maximum absolute atomic E-state index is 12.2. The molecule has 0 aliphatic rings. The van der Waals surface area contributed by atoms with E-state index in [1.807, 2.05) is 19.9 Å². The Morgan fingerprint density at radius 2 is 2.25 bits per heavy atom. The van der Waals surface area contributed by atoms with Gasteiger partial charge in [-0.25, -0.2) is 0 Å². The third-order valence-corrected chi connectivity index (χ3v) is 3.03. The van der Waals surface area contributed by atoms with Crippen molar-refractivity contribution in [2.75, 3.05) is 12.4 Å². The minimum atomic E-state index is -0.632. The Morgan fingerprint density at radius 1 is 1.55 bits per heavy atom. The summed E-state index contributed by atoms with van der Waals surface area (Å²) in [6.07, 6.45) is 1.28. The number of hydrogen-bond acceptors (Lipinski definition) is 4. The number of oxime groups is 1. The van der Waals surface area contributed by atoms with E-state index in [0.717, 1.165) is 17.7 Å². The van der Waals surface area contributed by atoms with Crippen LogP contribution in [-0.4, -0.2) is 24.1 Å². The Balaban J connectivity index is 2.85. The summed E-state index contributed by atoms with van der Waals surface area (Å²) >= 11 is 0. The molecule has 1 aromatic carbocycles. The van der Waals surface area contributed by atoms with Crippen molar-refractivity contribution in [1.82, 2.24) is 0 Å². The zero-order valence-electron chi connectivity index (χ0n) is 12.0. The Kier molecular flexibility index (Phi) is 5.83. The largest absolute Gasteiger partial charge is 0.496 e. The Bertz CT molecular complexity index is 500. The van der Waals surface area contributed by atoms with Crippen LogP contribution in [0.1, 0.15) is 25.3 Å². The van der Waals surface area contributed by atoms with Crippen molar-refractivity contribution in [2.24, 2.45) is 16.8 Å². The van der Waals surface area contributed by atoms with Gasteiger partial charge in [0.15, 0.2) is 5.84 Å². The highest BCUT2D eigenvalue weighted by Crippen LogP contribution is 2.22. The van der Waals surface area contributed by atoms with E-state index in [0.29, 0.717) is 12.1 Å². The molecule has 20 heavy (non-hydrogen) atoms. The topological polar surface area (TPSA) is 96.9 Å². The smallest absolute Gasteiger partial charge is 0.235 e. The molecule has 1 atom stereocenters. The zero-order valence-corrected chi connectivity index (χ0v) is 12.0. The van der Waals surface area contributed by atoms with E-state index in [2.05, 4.69) is 10.5 Å². The van der Waals surface area contributed by atoms with E-state index >= 15 is 0 Å². The molecule has 0 spiro atoms. The summed E-state index contributed by atoms with van der Waals surface area (Å²) in [6, 6.07) is 5.34. The van der Waals surface area contributed by atoms with Crippen LogP contribution in [-0.2, 0) is 4.79 Å². The number of rotatable bonds is 6. The summed E-state index contributed by atoms with van der Waals surface area (Å²) in [5.41, 5.74) is 7.12. The van der Waals surface area contributed by atoms with E-state index in [9.17, 15) is 4.79 Å². The minimum Gasteiger partial charge on any atom is -0.496 e. The second-order valence-electron chi connectivity index (χ2n) is 4.54. The highest BCUT2D eigenvalue weighted by atomic mass is 16.5. The fourth-order valence-corrected chi connectivity index (χ4v) is 1.96. The molecule has 110 valence electrons. The maximum Gasteiger partial charge on any atom is 0.235 e. The van der Waals surface area contributed by atoms with Gasteiger partial charge in [-0.3, -0.25) is 4.79 Å². The number of benzene rings is 1. The molecule has 1 unspecified atom stereocenters. The molecule has 0 aliphatic carbocycles. The highest BCUT2D eigenvalue weighted by Gasteiger charge is 2.22. The van der Waals surface area contributed by atoms with Crippen LogP contribution in [0.4, 0.5) is 5.69 Å². The number of ether oxygens (including phenoxy) is 1. The van der Waals surface area contributed by atoms with Crippen molar-refractivity contribution in [1.29, 1.82) is 0 Å². The van der Waals surface area contributed by atoms with Gasteiger partial charge in [0.1, 0.15) is 5.75 Å². The number of carbonyl (C=O) groups excluding carboxylic acids is 1. The van der Waals surface area contributed by atoms with Crippen LogP contribution >= 0.6 is 0 Å². The molecular weight excluding hydrogens is 258 g/mol. The van der Waals surface area contributed by atoms with Gasteiger partial charge in [-0.05, 0) is 37.1 Å². The van der Waals surface area contributed by atoms with Crippen LogP contribution in [0.25, 0.3) is 0 Å². The van der Waals surface area contributed by atoms with Gasteiger partial charge >= 0.3 is 0 Å². The van der Waals surface area contributed by atoms with Crippen molar-refractivity contribution < 1.29 is 14.7 Å². The number of methoxy groups -OCH3 is 1. The van der Waals surface area contributed by atoms with Crippen molar-refractivity contribution in [3.05, 3.63) is 23.8 Å². The van der Waals surface area contributed by atoms with Crippen molar-refractivity contribution in [2.45, 2.75) is 26.7 Å². The standard InChI is InChI=1S/C14H21N3O3/c1-4-5-11(13(15)17-19)14(18)16-10-6-7-12(20-3)9(2)8-10/h6-8,11,19H,4-5H2,1-3H3,(H2,15,17)(H,16,18). The number of hydrogen-bond donors (Lipinski definition) is 3. The van der Waals surface area contributed by atoms with Gasteiger partial charge in [0, 0.05) is 5.69 Å². The number of nitrogens with one attached hydrogen (secondary N) is 1. The number of nitrogens with two attached hydrogens (primary N) is 1. The molecule has 6 heteroatoms. The normalized spacial score (nSPS) is 12.8. The molecule has 0 saturated carbocycles. The van der Waals surface area contributed by atoms with Crippen molar-refractivity contribution in [3.63, 3.8) is 0 Å². The molecule has 0 saturated heterocycles. The van der Waals surface area contributed by atoms with E-state index in [-0.39, 0.29) is 11.7 Å². The average molecular weight is 279 g/mol. The number of carbonyl (C=O) groups is 1. The number of aryl methyl sites for hydroxylation is 1. The van der Waals surface area contributed by atoms with Gasteiger partial charge in [-0.2, -0.15) is 0 Å². The predicted octanol–water partition coefficient (Wildman–Crippen LogP) is 2.10. The summed E-state index contributed by atoms with van der Waals surface area (Å²) in [5.74, 6) is -0.238. The van der Waals surface area contributed by atoms with Gasteiger partial charge in [0.2, 0.25) is 5.91 Å². The highest BCUT2D eigenvalue weighted by molar-refractivity contribution is 6.07. The number of amidine groups is 1. The summed E-state index contributed by atoms with van der Waals surface area (Å²) in [5, 5.41) is 14.4. The first-order chi connectivity index (χ1) is 9.53. The SMILES string of the molecule is CCCC(C(=O)Nc1ccc(OC)c(C)c1)C(N)=NO. The number of nitrogens with zero attached hydrogens (tertiary/aromatic N) is 1. The summed E-state index contributed by atoms with van der Waals surface area (Å²) in [6.45, 7) is 3.82. The molecule has 0 aliphatic heterocycles. The summed E-state index contributed by atoms with van der Waals surface area (Å²) in [7, 11) is 1.59. The molecule has 0 radical (unpaired) electrons. The first-order valence-corrected chi connectivity index (χ1v) is 6.46. The zero-order chi connectivity index (χ0) is 15.1. The Morgan fingerprint density at radius 3 is 2.75 bits per heavy atom. The fraction of sp³-hybridized carbons (Fsp3) is 0.429. The fourth-order valence-electron chi connectivity index (χ4n) is 1.96. The first-order valence-electron chi connectivity index (χ1n) is 6.46. The lowest BCUT2D eigenvalue weighted by Gasteiger charge is -2.15. The van der Waals surface area contributed by atoms with Crippen molar-refractivity contribution >= 4 is 17.4 Å². The molecule has 1 aromatic rings. The van der Waals surface area contributed by atoms with Crippen LogP contribution in [0.3, 0.4) is 0 Å². The summed E-state index contributed by atoms with van der Waals surface area (Å²) in [4.78, 5) is 12.2. The number of amides is 1. The third kappa shape index (κ3) is 3.88. The number of anilines is 1. The lowest BCUT2D eigenvalue weighted by Crippen LogP contribution is -2.34. The minimum absolute atomic E-state index is 0.0745. The van der Waals surface area contributed by atoms with Gasteiger partial charge in [0.05, 0.1) is 13.0 Å². The monoisotopic (exact) mass is 279 g/mol. The van der Waals surface area contributed by atoms with Gasteiger partial charge in [0.25, 0.3) is 0 Å². The molecule has 0 fully saturated rings. The molecule has 1 rings (SSSR count). The second-order valence-corrected chi connectivity index (χ2v) is 4.54. The average Bonchev–Trinajstić information content (AvgIpc) is 2.44. The lowest BCUT2D eigenvalue weighted by molar-refractivity contribution is -0.118. The maximum atomic E-state index is 12.2. The molecular formula is C14H21N3O3. The quantitative estimate of drug-likeness (QED) is 0.321. The molecule has 4 N–H and O–H groups in total. The predicted molar refractivity (Wildman–Crippen MR) is 78.2 cm³/mol. The van der Waals surface area contributed by atoms with Crippen molar-refractivity contribution in [3.8, 4) is 5.75 Å². The third-order valence-electron chi connectivity index (χ3n) is 3.03. The van der Waals surface area contributed by atoms with E-state index < -0.39 is 5.92 Å². The Hall–Kier alpha value is -2.24. The van der Waals surface area contributed by atoms with Crippen LogP contribution in [0.15, 0.2) is 23.4 Å². The second kappa shape index (κ2) is 7.37. The molecule has 0 heterocycles. The van der Waals surface area contributed by atoms with Crippen LogP contribution < -0.4 is 15.8 Å². The van der Waals surface area contributed by atoms with E-state index in [1.165, 1.54) is 0 Å². The van der Waals surface area contributed by atoms with Gasteiger partial charge in [-0.15, -0.1) is 0 Å². The summed E-state index contributed by atoms with van der Waals surface area (Å²) < 4.78 is 5.16. The van der Waals surface area contributed by atoms with Gasteiger partial charge in [-0.1, -0.05) is 18.5 Å². The Labute approximate surface area is 118 Å². The van der Waals surface area contributed by atoms with E-state index in [4.69, 9.17) is 15.7 Å². The molecule has 0 bridgehead atoms. The molecule has 1 amide bonds. The van der Waals surface area contributed by atoms with Crippen LogP contribution in [0.5, 0.6) is 5.75 Å². The van der Waals surface area contributed by atoms with Crippen LogP contribution in [0, 0.1) is 12.8 Å². The van der Waals surface area contributed by atoms with E-state index in [1.54, 1.807) is 19.2 Å². The lowest BCUT2D eigenvalue weighted by atomic mass is 10.0. The molecule has 0 aromatic heterocycles.